The number of para-hydroxylation sites is 1. The molecule has 0 aliphatic rings. The molecule has 0 aliphatic heterocycles. The average Bonchev–Trinajstić information content (AvgIpc) is 2.35. The van der Waals surface area contributed by atoms with Gasteiger partial charge in [-0.2, -0.15) is 13.2 Å². The van der Waals surface area contributed by atoms with Gasteiger partial charge >= 0.3 is 6.18 Å². The minimum absolute atomic E-state index is 0.00151. The molecule has 1 rings (SSSR count). The molecule has 19 heavy (non-hydrogen) atoms. The van der Waals surface area contributed by atoms with Gasteiger partial charge < -0.3 is 10.1 Å². The molecule has 0 spiro atoms. The molecule has 1 aromatic rings. The van der Waals surface area contributed by atoms with Gasteiger partial charge in [-0.1, -0.05) is 32.0 Å². The quantitative estimate of drug-likeness (QED) is 0.844. The van der Waals surface area contributed by atoms with Gasteiger partial charge in [-0.15, -0.1) is 0 Å². The van der Waals surface area contributed by atoms with E-state index in [-0.39, 0.29) is 6.04 Å². The van der Waals surface area contributed by atoms with Crippen LogP contribution in [-0.4, -0.2) is 18.8 Å². The fourth-order valence-corrected chi connectivity index (χ4v) is 1.85. The minimum Gasteiger partial charge on any atom is -0.481 e. The van der Waals surface area contributed by atoms with Gasteiger partial charge in [0.1, 0.15) is 5.75 Å². The van der Waals surface area contributed by atoms with Crippen LogP contribution in [0, 0.1) is 0 Å². The van der Waals surface area contributed by atoms with E-state index in [9.17, 15) is 13.2 Å². The zero-order valence-electron chi connectivity index (χ0n) is 11.4. The second-order valence-corrected chi connectivity index (χ2v) is 4.36. The maximum atomic E-state index is 12.6. The van der Waals surface area contributed by atoms with Crippen LogP contribution in [0.25, 0.3) is 0 Å². The van der Waals surface area contributed by atoms with Crippen molar-refractivity contribution in [2.75, 3.05) is 6.54 Å². The van der Waals surface area contributed by atoms with Crippen LogP contribution in [0.2, 0.25) is 0 Å². The molecule has 2 atom stereocenters. The molecule has 0 aliphatic carbocycles. The van der Waals surface area contributed by atoms with E-state index < -0.39 is 12.3 Å². The number of ether oxygens (including phenoxy) is 1. The molecule has 1 N–H and O–H groups in total. The topological polar surface area (TPSA) is 21.3 Å². The fraction of sp³-hybridized carbons (Fsp3) is 0.571. The lowest BCUT2D eigenvalue weighted by Gasteiger charge is -2.23. The molecular formula is C14H20F3NO. The number of nitrogens with one attached hydrogen (secondary N) is 1. The Kier molecular flexibility index (Phi) is 5.66. The van der Waals surface area contributed by atoms with Crippen molar-refractivity contribution in [2.24, 2.45) is 0 Å². The molecule has 0 saturated carbocycles. The first-order valence-electron chi connectivity index (χ1n) is 6.45. The van der Waals surface area contributed by atoms with Crippen LogP contribution in [-0.2, 0) is 0 Å². The summed E-state index contributed by atoms with van der Waals surface area (Å²) in [5.41, 5.74) is 0.767. The number of rotatable bonds is 6. The van der Waals surface area contributed by atoms with Crippen LogP contribution < -0.4 is 10.1 Å². The summed E-state index contributed by atoms with van der Waals surface area (Å²) in [5, 5.41) is 3.24. The summed E-state index contributed by atoms with van der Waals surface area (Å²) < 4.78 is 42.7. The van der Waals surface area contributed by atoms with E-state index in [2.05, 4.69) is 5.32 Å². The Labute approximate surface area is 112 Å². The maximum Gasteiger partial charge on any atom is 0.425 e. The Hall–Kier alpha value is -1.23. The van der Waals surface area contributed by atoms with Crippen molar-refractivity contribution in [3.05, 3.63) is 29.8 Å². The Morgan fingerprint density at radius 3 is 2.37 bits per heavy atom. The zero-order chi connectivity index (χ0) is 14.5. The average molecular weight is 275 g/mol. The summed E-state index contributed by atoms with van der Waals surface area (Å²) in [7, 11) is 0. The highest BCUT2D eigenvalue weighted by molar-refractivity contribution is 5.36. The first-order valence-corrected chi connectivity index (χ1v) is 6.45. The van der Waals surface area contributed by atoms with Crippen molar-refractivity contribution >= 4 is 0 Å². The Morgan fingerprint density at radius 1 is 1.21 bits per heavy atom. The van der Waals surface area contributed by atoms with Gasteiger partial charge in [-0.25, -0.2) is 0 Å². The summed E-state index contributed by atoms with van der Waals surface area (Å²) in [6.07, 6.45) is -5.38. The van der Waals surface area contributed by atoms with Crippen LogP contribution in [0.1, 0.15) is 38.8 Å². The van der Waals surface area contributed by atoms with E-state index in [4.69, 9.17) is 4.74 Å². The molecule has 0 heterocycles. The molecule has 0 amide bonds. The summed E-state index contributed by atoms with van der Waals surface area (Å²) in [4.78, 5) is 0. The number of halogens is 3. The highest BCUT2D eigenvalue weighted by Gasteiger charge is 2.38. The van der Waals surface area contributed by atoms with Crippen LogP contribution >= 0.6 is 0 Å². The highest BCUT2D eigenvalue weighted by atomic mass is 19.4. The molecule has 0 aromatic heterocycles. The largest absolute Gasteiger partial charge is 0.481 e. The molecule has 2 nitrogen and oxygen atoms in total. The third kappa shape index (κ3) is 4.42. The first-order chi connectivity index (χ1) is 8.90. The Morgan fingerprint density at radius 2 is 1.84 bits per heavy atom. The van der Waals surface area contributed by atoms with Gasteiger partial charge in [0.25, 0.3) is 0 Å². The van der Waals surface area contributed by atoms with Crippen LogP contribution in [0.5, 0.6) is 5.75 Å². The standard InChI is InChI=1S/C14H20F3NO/c1-4-12(18-5-2)11-8-6-7-9-13(11)19-10(3)14(15,16)17/h6-10,12,18H,4-5H2,1-3H3. The van der Waals surface area contributed by atoms with Gasteiger partial charge in [0.2, 0.25) is 0 Å². The number of alkyl halides is 3. The van der Waals surface area contributed by atoms with E-state index in [0.717, 1.165) is 25.5 Å². The minimum atomic E-state index is -4.35. The maximum absolute atomic E-state index is 12.6. The lowest BCUT2D eigenvalue weighted by atomic mass is 10.0. The van der Waals surface area contributed by atoms with E-state index in [0.29, 0.717) is 5.75 Å². The summed E-state index contributed by atoms with van der Waals surface area (Å²) in [6.45, 7) is 5.72. The summed E-state index contributed by atoms with van der Waals surface area (Å²) >= 11 is 0. The van der Waals surface area contributed by atoms with Crippen LogP contribution in [0.3, 0.4) is 0 Å². The van der Waals surface area contributed by atoms with E-state index >= 15 is 0 Å². The Bertz CT molecular complexity index is 393. The molecule has 5 heteroatoms. The second-order valence-electron chi connectivity index (χ2n) is 4.36. The van der Waals surface area contributed by atoms with Gasteiger partial charge in [0, 0.05) is 11.6 Å². The molecule has 2 unspecified atom stereocenters. The predicted octanol–water partition coefficient (Wildman–Crippen LogP) is 4.08. The molecule has 0 bridgehead atoms. The van der Waals surface area contributed by atoms with Gasteiger partial charge in [-0.05, 0) is 26.0 Å². The lowest BCUT2D eigenvalue weighted by Crippen LogP contribution is -2.32. The van der Waals surface area contributed by atoms with Crippen LogP contribution in [0.15, 0.2) is 24.3 Å². The third-order valence-electron chi connectivity index (χ3n) is 2.92. The van der Waals surface area contributed by atoms with Crippen LogP contribution in [0.4, 0.5) is 13.2 Å². The Balaban J connectivity index is 2.95. The third-order valence-corrected chi connectivity index (χ3v) is 2.92. The smallest absolute Gasteiger partial charge is 0.425 e. The lowest BCUT2D eigenvalue weighted by molar-refractivity contribution is -0.189. The van der Waals surface area contributed by atoms with Gasteiger partial charge in [0.05, 0.1) is 0 Å². The number of hydrogen-bond donors (Lipinski definition) is 1. The molecule has 0 radical (unpaired) electrons. The molecular weight excluding hydrogens is 255 g/mol. The number of benzene rings is 1. The van der Waals surface area contributed by atoms with E-state index in [1.807, 2.05) is 13.8 Å². The summed E-state index contributed by atoms with van der Waals surface area (Å²) in [5.74, 6) is 0.292. The van der Waals surface area contributed by atoms with E-state index in [1.54, 1.807) is 24.3 Å². The first kappa shape index (κ1) is 15.8. The molecule has 0 saturated heterocycles. The summed E-state index contributed by atoms with van der Waals surface area (Å²) in [6, 6.07) is 6.87. The van der Waals surface area contributed by atoms with Crippen molar-refractivity contribution < 1.29 is 17.9 Å². The zero-order valence-corrected chi connectivity index (χ0v) is 11.4. The van der Waals surface area contributed by atoms with Gasteiger partial charge in [0.15, 0.2) is 6.10 Å². The normalized spacial score (nSPS) is 15.1. The van der Waals surface area contributed by atoms with Gasteiger partial charge in [-0.3, -0.25) is 0 Å². The van der Waals surface area contributed by atoms with Crippen molar-refractivity contribution in [2.45, 2.75) is 45.5 Å². The second kappa shape index (κ2) is 6.80. The monoisotopic (exact) mass is 275 g/mol. The van der Waals surface area contributed by atoms with Crippen molar-refractivity contribution in [3.8, 4) is 5.75 Å². The predicted molar refractivity (Wildman–Crippen MR) is 69.3 cm³/mol. The molecule has 0 fully saturated rings. The van der Waals surface area contributed by atoms with Crippen molar-refractivity contribution in [3.63, 3.8) is 0 Å². The fourth-order valence-electron chi connectivity index (χ4n) is 1.85. The van der Waals surface area contributed by atoms with Crippen molar-refractivity contribution in [1.82, 2.24) is 5.32 Å². The van der Waals surface area contributed by atoms with Crippen molar-refractivity contribution in [1.29, 1.82) is 0 Å². The molecule has 108 valence electrons. The highest BCUT2D eigenvalue weighted by Crippen LogP contribution is 2.31. The molecule has 1 aromatic carbocycles. The van der Waals surface area contributed by atoms with E-state index in [1.165, 1.54) is 0 Å². The SMILES string of the molecule is CCNC(CC)c1ccccc1OC(C)C(F)(F)F. The number of hydrogen-bond acceptors (Lipinski definition) is 2.